The van der Waals surface area contributed by atoms with Crippen LogP contribution in [0.15, 0.2) is 24.3 Å². The van der Waals surface area contributed by atoms with Crippen LogP contribution in [0.4, 0.5) is 4.39 Å². The topological polar surface area (TPSA) is 32.3 Å². The molecule has 0 aliphatic heterocycles. The number of aliphatic hydroxyl groups is 1. The molecular weight excluding hydrogens is 217 g/mol. The number of nitrogens with one attached hydrogen (secondary N) is 1. The van der Waals surface area contributed by atoms with Crippen LogP contribution in [0.25, 0.3) is 0 Å². The van der Waals surface area contributed by atoms with Crippen LogP contribution in [0.2, 0.25) is 0 Å². The van der Waals surface area contributed by atoms with Crippen LogP contribution in [0.5, 0.6) is 0 Å². The van der Waals surface area contributed by atoms with Gasteiger partial charge in [0.15, 0.2) is 0 Å². The molecule has 2 N–H and O–H groups in total. The molecule has 0 aromatic heterocycles. The van der Waals surface area contributed by atoms with Gasteiger partial charge >= 0.3 is 0 Å². The van der Waals surface area contributed by atoms with E-state index in [4.69, 9.17) is 0 Å². The van der Waals surface area contributed by atoms with Crippen molar-refractivity contribution < 1.29 is 9.50 Å². The standard InChI is InChI=1S/C14H20FNO/c1-9(10-5-4-6-11(15)7-10)16-12-8-13(17)14(12,2)3/h4-7,9,12-13,16-17H,8H2,1-3H3/t9-,12?,13?/m0/s1. The summed E-state index contributed by atoms with van der Waals surface area (Å²) in [5, 5.41) is 13.1. The third-order valence-electron chi connectivity index (χ3n) is 4.02. The molecule has 1 saturated carbocycles. The minimum atomic E-state index is -0.236. The largest absolute Gasteiger partial charge is 0.392 e. The highest BCUT2D eigenvalue weighted by Gasteiger charge is 2.47. The maximum absolute atomic E-state index is 13.1. The highest BCUT2D eigenvalue weighted by molar-refractivity contribution is 5.20. The van der Waals surface area contributed by atoms with Crippen LogP contribution in [-0.4, -0.2) is 17.3 Å². The van der Waals surface area contributed by atoms with Crippen molar-refractivity contribution in [3.8, 4) is 0 Å². The molecule has 1 fully saturated rings. The van der Waals surface area contributed by atoms with Crippen LogP contribution >= 0.6 is 0 Å². The van der Waals surface area contributed by atoms with Crippen molar-refractivity contribution in [3.05, 3.63) is 35.6 Å². The van der Waals surface area contributed by atoms with Gasteiger partial charge in [-0.1, -0.05) is 26.0 Å². The van der Waals surface area contributed by atoms with Crippen molar-refractivity contribution in [2.24, 2.45) is 5.41 Å². The van der Waals surface area contributed by atoms with E-state index in [-0.39, 0.29) is 29.4 Å². The highest BCUT2D eigenvalue weighted by Crippen LogP contribution is 2.41. The summed E-state index contributed by atoms with van der Waals surface area (Å²) >= 11 is 0. The second-order valence-electron chi connectivity index (χ2n) is 5.57. The van der Waals surface area contributed by atoms with E-state index in [0.717, 1.165) is 12.0 Å². The molecule has 0 amide bonds. The number of aliphatic hydroxyl groups excluding tert-OH is 1. The summed E-state index contributed by atoms with van der Waals surface area (Å²) in [6, 6.07) is 7.04. The van der Waals surface area contributed by atoms with E-state index in [1.54, 1.807) is 12.1 Å². The average Bonchev–Trinajstić information content (AvgIpc) is 2.28. The van der Waals surface area contributed by atoms with E-state index in [1.807, 2.05) is 13.0 Å². The van der Waals surface area contributed by atoms with Gasteiger partial charge in [0.05, 0.1) is 6.10 Å². The van der Waals surface area contributed by atoms with Crippen molar-refractivity contribution in [2.45, 2.75) is 45.4 Å². The second kappa shape index (κ2) is 4.39. The predicted octanol–water partition coefficient (Wildman–Crippen LogP) is 2.64. The van der Waals surface area contributed by atoms with Gasteiger partial charge < -0.3 is 10.4 Å². The Morgan fingerprint density at radius 1 is 1.47 bits per heavy atom. The number of benzene rings is 1. The lowest BCUT2D eigenvalue weighted by atomic mass is 9.64. The van der Waals surface area contributed by atoms with Crippen LogP contribution in [-0.2, 0) is 0 Å². The van der Waals surface area contributed by atoms with Gasteiger partial charge in [-0.15, -0.1) is 0 Å². The van der Waals surface area contributed by atoms with Crippen LogP contribution in [0, 0.1) is 11.2 Å². The van der Waals surface area contributed by atoms with Gasteiger partial charge in [0.2, 0.25) is 0 Å². The number of halogens is 1. The summed E-state index contributed by atoms with van der Waals surface area (Å²) in [6.07, 6.45) is 0.534. The third-order valence-corrected chi connectivity index (χ3v) is 4.02. The first kappa shape index (κ1) is 12.5. The van der Waals surface area contributed by atoms with E-state index in [1.165, 1.54) is 6.07 Å². The lowest BCUT2D eigenvalue weighted by molar-refractivity contribution is -0.0754. The maximum atomic E-state index is 13.1. The fraction of sp³-hybridized carbons (Fsp3) is 0.571. The molecule has 2 unspecified atom stereocenters. The maximum Gasteiger partial charge on any atom is 0.123 e. The Labute approximate surface area is 102 Å². The Morgan fingerprint density at radius 2 is 2.18 bits per heavy atom. The molecule has 1 aliphatic rings. The van der Waals surface area contributed by atoms with Crippen LogP contribution in [0.3, 0.4) is 0 Å². The fourth-order valence-corrected chi connectivity index (χ4v) is 2.36. The van der Waals surface area contributed by atoms with Gasteiger partial charge in [-0.3, -0.25) is 0 Å². The Balaban J connectivity index is 2.01. The summed E-state index contributed by atoms with van der Waals surface area (Å²) in [7, 11) is 0. The Hall–Kier alpha value is -0.930. The van der Waals surface area contributed by atoms with Crippen molar-refractivity contribution in [1.82, 2.24) is 5.32 Å². The van der Waals surface area contributed by atoms with Crippen molar-refractivity contribution in [3.63, 3.8) is 0 Å². The van der Waals surface area contributed by atoms with E-state index in [9.17, 15) is 9.50 Å². The lowest BCUT2D eigenvalue weighted by Crippen LogP contribution is -2.60. The predicted molar refractivity (Wildman–Crippen MR) is 66.1 cm³/mol. The molecule has 0 heterocycles. The molecule has 1 aliphatic carbocycles. The third kappa shape index (κ3) is 2.35. The van der Waals surface area contributed by atoms with Gasteiger partial charge in [0, 0.05) is 17.5 Å². The van der Waals surface area contributed by atoms with Gasteiger partial charge in [-0.05, 0) is 31.0 Å². The zero-order chi connectivity index (χ0) is 12.6. The summed E-state index contributed by atoms with van der Waals surface area (Å²) in [4.78, 5) is 0. The molecule has 3 atom stereocenters. The molecule has 3 heteroatoms. The molecule has 0 radical (unpaired) electrons. The summed E-state index contributed by atoms with van der Waals surface area (Å²) in [6.45, 7) is 6.13. The van der Waals surface area contributed by atoms with Crippen molar-refractivity contribution in [2.75, 3.05) is 0 Å². The molecule has 1 aromatic carbocycles. The van der Waals surface area contributed by atoms with Gasteiger partial charge in [-0.25, -0.2) is 4.39 Å². The van der Waals surface area contributed by atoms with E-state index in [2.05, 4.69) is 19.2 Å². The highest BCUT2D eigenvalue weighted by atomic mass is 19.1. The Bertz CT molecular complexity index is 405. The van der Waals surface area contributed by atoms with Gasteiger partial charge in [-0.2, -0.15) is 0 Å². The average molecular weight is 237 g/mol. The number of hydrogen-bond acceptors (Lipinski definition) is 2. The summed E-state index contributed by atoms with van der Waals surface area (Å²) < 4.78 is 13.1. The van der Waals surface area contributed by atoms with Gasteiger partial charge in [0.1, 0.15) is 5.82 Å². The lowest BCUT2D eigenvalue weighted by Gasteiger charge is -2.50. The summed E-state index contributed by atoms with van der Waals surface area (Å²) in [5.41, 5.74) is 0.851. The molecule has 94 valence electrons. The second-order valence-corrected chi connectivity index (χ2v) is 5.57. The molecular formula is C14H20FNO. The summed E-state index contributed by atoms with van der Waals surface area (Å²) in [5.74, 6) is -0.205. The first-order valence-corrected chi connectivity index (χ1v) is 6.11. The van der Waals surface area contributed by atoms with E-state index >= 15 is 0 Å². The van der Waals surface area contributed by atoms with Crippen molar-refractivity contribution >= 4 is 0 Å². The van der Waals surface area contributed by atoms with E-state index < -0.39 is 0 Å². The Kier molecular flexibility index (Phi) is 3.23. The molecule has 0 bridgehead atoms. The molecule has 2 rings (SSSR count). The fourth-order valence-electron chi connectivity index (χ4n) is 2.36. The van der Waals surface area contributed by atoms with E-state index in [0.29, 0.717) is 0 Å². The quantitative estimate of drug-likeness (QED) is 0.847. The first-order chi connectivity index (χ1) is 7.91. The van der Waals surface area contributed by atoms with Crippen LogP contribution < -0.4 is 5.32 Å². The molecule has 0 spiro atoms. The molecule has 1 aromatic rings. The monoisotopic (exact) mass is 237 g/mol. The van der Waals surface area contributed by atoms with Gasteiger partial charge in [0.25, 0.3) is 0 Å². The number of hydrogen-bond donors (Lipinski definition) is 2. The minimum absolute atomic E-state index is 0.0956. The molecule has 0 saturated heterocycles. The Morgan fingerprint density at radius 3 is 2.71 bits per heavy atom. The van der Waals surface area contributed by atoms with Crippen LogP contribution in [0.1, 0.15) is 38.8 Å². The van der Waals surface area contributed by atoms with Crippen molar-refractivity contribution in [1.29, 1.82) is 0 Å². The smallest absolute Gasteiger partial charge is 0.123 e. The SMILES string of the molecule is C[C@H](NC1CC(O)C1(C)C)c1cccc(F)c1. The zero-order valence-corrected chi connectivity index (χ0v) is 10.6. The molecule has 2 nitrogen and oxygen atoms in total. The minimum Gasteiger partial charge on any atom is -0.392 e. The first-order valence-electron chi connectivity index (χ1n) is 6.11. The number of rotatable bonds is 3. The normalized spacial score (nSPS) is 28.5. The molecule has 17 heavy (non-hydrogen) atoms. The zero-order valence-electron chi connectivity index (χ0n) is 10.6.